The van der Waals surface area contributed by atoms with Gasteiger partial charge in [0.25, 0.3) is 5.91 Å². The highest BCUT2D eigenvalue weighted by atomic mass is 32.2. The standard InChI is InChI=1S/C16H17F4NO2S/c1-9(10-6-4-5-7-11(10)17)8-12-21-13(22)14(2,24-12)15(3,23)16(18,19)20/h4-7,9,23H,8H2,1-3H3/t9-,14?,15?/m1/s1. The molecule has 1 aromatic carbocycles. The van der Waals surface area contributed by atoms with Gasteiger partial charge in [0.05, 0.1) is 5.04 Å². The Morgan fingerprint density at radius 2 is 1.92 bits per heavy atom. The molecular weight excluding hydrogens is 346 g/mol. The van der Waals surface area contributed by atoms with Crippen molar-refractivity contribution in [1.29, 1.82) is 0 Å². The Kier molecular flexibility index (Phi) is 4.85. The zero-order valence-corrected chi connectivity index (χ0v) is 14.1. The summed E-state index contributed by atoms with van der Waals surface area (Å²) in [5.74, 6) is -1.83. The predicted octanol–water partition coefficient (Wildman–Crippen LogP) is 4.06. The Hall–Kier alpha value is -1.41. The van der Waals surface area contributed by atoms with Crippen LogP contribution in [0.5, 0.6) is 0 Å². The number of thioether (sulfide) groups is 1. The van der Waals surface area contributed by atoms with Gasteiger partial charge in [-0.2, -0.15) is 13.2 Å². The fourth-order valence-corrected chi connectivity index (χ4v) is 3.81. The lowest BCUT2D eigenvalue weighted by molar-refractivity contribution is -0.260. The molecule has 2 unspecified atom stereocenters. The molecule has 1 aliphatic heterocycles. The van der Waals surface area contributed by atoms with E-state index in [1.165, 1.54) is 12.1 Å². The zero-order chi connectivity index (χ0) is 18.3. The quantitative estimate of drug-likeness (QED) is 0.821. The molecule has 0 aromatic heterocycles. The minimum absolute atomic E-state index is 0.112. The third-order valence-electron chi connectivity index (χ3n) is 4.35. The average molecular weight is 363 g/mol. The second-order valence-corrected chi connectivity index (χ2v) is 7.63. The number of hydrogen-bond donors (Lipinski definition) is 1. The van der Waals surface area contributed by atoms with Gasteiger partial charge in [0.2, 0.25) is 0 Å². The molecule has 0 aliphatic carbocycles. The van der Waals surface area contributed by atoms with E-state index < -0.39 is 28.2 Å². The molecule has 0 saturated carbocycles. The molecule has 8 heteroatoms. The van der Waals surface area contributed by atoms with E-state index in [0.717, 1.165) is 6.92 Å². The van der Waals surface area contributed by atoms with E-state index in [0.29, 0.717) is 24.2 Å². The Labute approximate surface area is 141 Å². The van der Waals surface area contributed by atoms with E-state index in [-0.39, 0.29) is 17.4 Å². The van der Waals surface area contributed by atoms with Gasteiger partial charge in [-0.15, -0.1) is 0 Å². The second-order valence-electron chi connectivity index (χ2n) is 6.14. The first-order chi connectivity index (χ1) is 10.9. The highest BCUT2D eigenvalue weighted by Crippen LogP contribution is 2.50. The molecule has 0 bridgehead atoms. The third-order valence-corrected chi connectivity index (χ3v) is 5.83. The van der Waals surface area contributed by atoms with Crippen molar-refractivity contribution in [2.24, 2.45) is 4.99 Å². The van der Waals surface area contributed by atoms with Crippen molar-refractivity contribution in [2.45, 2.75) is 49.6 Å². The first-order valence-electron chi connectivity index (χ1n) is 7.24. The normalized spacial score (nSPS) is 25.3. The van der Waals surface area contributed by atoms with Crippen LogP contribution in [0.1, 0.15) is 38.7 Å². The number of hydrogen-bond acceptors (Lipinski definition) is 3. The van der Waals surface area contributed by atoms with Gasteiger partial charge in [0, 0.05) is 6.42 Å². The average Bonchev–Trinajstić information content (AvgIpc) is 2.74. The van der Waals surface area contributed by atoms with Crippen molar-refractivity contribution >= 4 is 22.7 Å². The zero-order valence-electron chi connectivity index (χ0n) is 13.3. The van der Waals surface area contributed by atoms with E-state index in [9.17, 15) is 27.5 Å². The van der Waals surface area contributed by atoms with Gasteiger partial charge in [-0.1, -0.05) is 36.9 Å². The molecule has 1 aliphatic rings. The number of aliphatic hydroxyl groups is 1. The van der Waals surface area contributed by atoms with Crippen LogP contribution >= 0.6 is 11.8 Å². The van der Waals surface area contributed by atoms with Crippen LogP contribution in [-0.4, -0.2) is 32.6 Å². The van der Waals surface area contributed by atoms with Crippen LogP contribution in [0.25, 0.3) is 0 Å². The summed E-state index contributed by atoms with van der Waals surface area (Å²) >= 11 is 0.592. The Morgan fingerprint density at radius 3 is 2.46 bits per heavy atom. The van der Waals surface area contributed by atoms with Crippen molar-refractivity contribution in [3.63, 3.8) is 0 Å². The molecule has 0 fully saturated rings. The number of carbonyl (C=O) groups is 1. The molecule has 0 saturated heterocycles. The molecule has 3 nitrogen and oxygen atoms in total. The second kappa shape index (κ2) is 6.15. The molecule has 1 N–H and O–H groups in total. The van der Waals surface area contributed by atoms with Crippen LogP contribution in [0, 0.1) is 5.82 Å². The summed E-state index contributed by atoms with van der Waals surface area (Å²) in [6.45, 7) is 3.29. The Balaban J connectivity index is 2.21. The summed E-state index contributed by atoms with van der Waals surface area (Å²) in [4.78, 5) is 15.7. The van der Waals surface area contributed by atoms with Crippen molar-refractivity contribution in [3.05, 3.63) is 35.6 Å². The Bertz CT molecular complexity index is 687. The maximum absolute atomic E-state index is 13.8. The summed E-state index contributed by atoms with van der Waals surface area (Å²) in [6.07, 6.45) is -4.87. The number of halogens is 4. The minimum atomic E-state index is -4.98. The topological polar surface area (TPSA) is 49.7 Å². The minimum Gasteiger partial charge on any atom is -0.379 e. The van der Waals surface area contributed by atoms with Crippen LogP contribution in [0.15, 0.2) is 29.3 Å². The number of amides is 1. The van der Waals surface area contributed by atoms with Gasteiger partial charge < -0.3 is 5.11 Å². The lowest BCUT2D eigenvalue weighted by Crippen LogP contribution is -2.60. The summed E-state index contributed by atoms with van der Waals surface area (Å²) < 4.78 is 50.9. The Morgan fingerprint density at radius 1 is 1.33 bits per heavy atom. The van der Waals surface area contributed by atoms with Crippen LogP contribution < -0.4 is 0 Å². The van der Waals surface area contributed by atoms with Gasteiger partial charge in [0.15, 0.2) is 5.60 Å². The first-order valence-corrected chi connectivity index (χ1v) is 8.06. The van der Waals surface area contributed by atoms with Crippen LogP contribution in [-0.2, 0) is 4.79 Å². The van der Waals surface area contributed by atoms with E-state index in [2.05, 4.69) is 4.99 Å². The highest BCUT2D eigenvalue weighted by Gasteiger charge is 2.66. The van der Waals surface area contributed by atoms with Gasteiger partial charge in [-0.05, 0) is 31.4 Å². The van der Waals surface area contributed by atoms with E-state index in [1.807, 2.05) is 0 Å². The van der Waals surface area contributed by atoms with Crippen molar-refractivity contribution in [1.82, 2.24) is 0 Å². The molecule has 1 heterocycles. The molecular formula is C16H17F4NO2S. The van der Waals surface area contributed by atoms with E-state index in [1.54, 1.807) is 19.1 Å². The number of benzene rings is 1. The van der Waals surface area contributed by atoms with Crippen LogP contribution in [0.2, 0.25) is 0 Å². The van der Waals surface area contributed by atoms with Gasteiger partial charge >= 0.3 is 6.18 Å². The molecule has 2 rings (SSSR count). The third kappa shape index (κ3) is 3.09. The predicted molar refractivity (Wildman–Crippen MR) is 84.5 cm³/mol. The highest BCUT2D eigenvalue weighted by molar-refractivity contribution is 8.16. The number of carbonyl (C=O) groups excluding carboxylic acids is 1. The molecule has 1 aromatic rings. The molecule has 132 valence electrons. The number of aliphatic imine (C=N–C) groups is 1. The molecule has 0 spiro atoms. The number of rotatable bonds is 4. The van der Waals surface area contributed by atoms with Crippen molar-refractivity contribution in [2.75, 3.05) is 0 Å². The van der Waals surface area contributed by atoms with E-state index >= 15 is 0 Å². The first kappa shape index (κ1) is 18.9. The lowest BCUT2D eigenvalue weighted by Gasteiger charge is -2.38. The smallest absolute Gasteiger partial charge is 0.379 e. The maximum atomic E-state index is 13.8. The van der Waals surface area contributed by atoms with Gasteiger partial charge in [-0.25, -0.2) is 9.38 Å². The molecule has 1 amide bonds. The molecule has 3 atom stereocenters. The fourth-order valence-electron chi connectivity index (χ4n) is 2.43. The maximum Gasteiger partial charge on any atom is 0.418 e. The van der Waals surface area contributed by atoms with Crippen molar-refractivity contribution < 1.29 is 27.5 Å². The molecule has 0 radical (unpaired) electrons. The van der Waals surface area contributed by atoms with E-state index in [4.69, 9.17) is 0 Å². The summed E-state index contributed by atoms with van der Waals surface area (Å²) in [5, 5.41) is 10.0. The number of alkyl halides is 3. The summed E-state index contributed by atoms with van der Waals surface area (Å²) in [6, 6.07) is 6.06. The van der Waals surface area contributed by atoms with Crippen LogP contribution in [0.3, 0.4) is 0 Å². The van der Waals surface area contributed by atoms with Gasteiger partial charge in [0.1, 0.15) is 10.6 Å². The van der Waals surface area contributed by atoms with Gasteiger partial charge in [-0.3, -0.25) is 4.79 Å². The number of nitrogens with zero attached hydrogens (tertiary/aromatic N) is 1. The summed E-state index contributed by atoms with van der Waals surface area (Å²) in [7, 11) is 0. The monoisotopic (exact) mass is 363 g/mol. The summed E-state index contributed by atoms with van der Waals surface area (Å²) in [5.41, 5.74) is -2.83. The largest absolute Gasteiger partial charge is 0.418 e. The van der Waals surface area contributed by atoms with Crippen LogP contribution in [0.4, 0.5) is 17.6 Å². The SMILES string of the molecule is C[C@H](CC1=NC(=O)C(C)(C(C)(O)C(F)(F)F)S1)c1ccccc1F. The fraction of sp³-hybridized carbons (Fsp3) is 0.500. The van der Waals surface area contributed by atoms with Crippen molar-refractivity contribution in [3.8, 4) is 0 Å². The lowest BCUT2D eigenvalue weighted by atomic mass is 9.88. The molecule has 24 heavy (non-hydrogen) atoms.